The maximum atomic E-state index is 6.14. The van der Waals surface area contributed by atoms with E-state index in [9.17, 15) is 0 Å². The van der Waals surface area contributed by atoms with E-state index in [0.29, 0.717) is 0 Å². The summed E-state index contributed by atoms with van der Waals surface area (Å²) in [7, 11) is 3.63. The molecule has 0 unspecified atom stereocenters. The zero-order valence-corrected chi connectivity index (χ0v) is 12.2. The lowest BCUT2D eigenvalue weighted by Crippen LogP contribution is -2.06. The molecule has 0 radical (unpaired) electrons. The van der Waals surface area contributed by atoms with E-state index in [0.717, 1.165) is 28.4 Å². The van der Waals surface area contributed by atoms with Crippen LogP contribution in [0.1, 0.15) is 11.1 Å². The van der Waals surface area contributed by atoms with Crippen molar-refractivity contribution in [3.8, 4) is 16.9 Å². The van der Waals surface area contributed by atoms with Crippen molar-refractivity contribution in [1.29, 1.82) is 0 Å². The number of ether oxygens (including phenoxy) is 1. The maximum absolute atomic E-state index is 6.14. The van der Waals surface area contributed by atoms with E-state index in [2.05, 4.69) is 24.4 Å². The third-order valence-electron chi connectivity index (χ3n) is 3.08. The molecule has 0 spiro atoms. The molecular weight excluding hydrogens is 258 g/mol. The maximum Gasteiger partial charge on any atom is 0.126 e. The van der Waals surface area contributed by atoms with E-state index in [1.54, 1.807) is 7.11 Å². The molecule has 0 atom stereocenters. The Morgan fingerprint density at radius 1 is 1.11 bits per heavy atom. The smallest absolute Gasteiger partial charge is 0.126 e. The van der Waals surface area contributed by atoms with E-state index in [1.165, 1.54) is 11.1 Å². The van der Waals surface area contributed by atoms with Crippen LogP contribution in [0, 0.1) is 6.92 Å². The number of hydrogen-bond acceptors (Lipinski definition) is 2. The molecule has 0 aromatic heterocycles. The molecule has 19 heavy (non-hydrogen) atoms. The van der Waals surface area contributed by atoms with Crippen molar-refractivity contribution in [2.24, 2.45) is 0 Å². The fourth-order valence-electron chi connectivity index (χ4n) is 2.18. The van der Waals surface area contributed by atoms with Gasteiger partial charge >= 0.3 is 0 Å². The van der Waals surface area contributed by atoms with Crippen molar-refractivity contribution >= 4 is 11.6 Å². The molecule has 0 aliphatic heterocycles. The van der Waals surface area contributed by atoms with Crippen LogP contribution in [0.3, 0.4) is 0 Å². The lowest BCUT2D eigenvalue weighted by atomic mass is 9.97. The van der Waals surface area contributed by atoms with Crippen LogP contribution in [0.25, 0.3) is 11.1 Å². The zero-order valence-electron chi connectivity index (χ0n) is 11.5. The van der Waals surface area contributed by atoms with Gasteiger partial charge in [0.05, 0.1) is 7.11 Å². The Bertz CT molecular complexity index is 581. The lowest BCUT2D eigenvalue weighted by Gasteiger charge is -2.14. The van der Waals surface area contributed by atoms with Crippen LogP contribution in [0.4, 0.5) is 0 Å². The molecule has 2 rings (SSSR count). The van der Waals surface area contributed by atoms with Crippen LogP contribution in [-0.4, -0.2) is 14.2 Å². The van der Waals surface area contributed by atoms with Crippen LogP contribution >= 0.6 is 11.6 Å². The largest absolute Gasteiger partial charge is 0.496 e. The Balaban J connectivity index is 2.62. The second-order valence-electron chi connectivity index (χ2n) is 4.54. The first-order valence-electron chi connectivity index (χ1n) is 6.23. The van der Waals surface area contributed by atoms with Gasteiger partial charge in [-0.3, -0.25) is 0 Å². The minimum Gasteiger partial charge on any atom is -0.496 e. The minimum absolute atomic E-state index is 0.735. The summed E-state index contributed by atoms with van der Waals surface area (Å²) in [5, 5.41) is 3.92. The summed E-state index contributed by atoms with van der Waals surface area (Å²) < 4.78 is 5.46. The highest BCUT2D eigenvalue weighted by molar-refractivity contribution is 6.30. The first kappa shape index (κ1) is 13.9. The van der Waals surface area contributed by atoms with Crippen LogP contribution in [0.5, 0.6) is 5.75 Å². The Hall–Kier alpha value is -1.51. The van der Waals surface area contributed by atoms with Crippen LogP contribution < -0.4 is 10.1 Å². The van der Waals surface area contributed by atoms with Gasteiger partial charge in [0, 0.05) is 17.1 Å². The number of methoxy groups -OCH3 is 1. The molecule has 0 amide bonds. The first-order chi connectivity index (χ1) is 9.15. The second-order valence-corrected chi connectivity index (χ2v) is 4.97. The third kappa shape index (κ3) is 3.09. The highest BCUT2D eigenvalue weighted by Crippen LogP contribution is 2.34. The number of nitrogens with one attached hydrogen (secondary N) is 1. The fraction of sp³-hybridized carbons (Fsp3) is 0.250. The van der Waals surface area contributed by atoms with Gasteiger partial charge in [0.25, 0.3) is 0 Å². The molecule has 3 heteroatoms. The topological polar surface area (TPSA) is 21.3 Å². The minimum atomic E-state index is 0.735. The third-order valence-corrected chi connectivity index (χ3v) is 3.32. The van der Waals surface area contributed by atoms with Crippen molar-refractivity contribution in [3.05, 3.63) is 52.5 Å². The van der Waals surface area contributed by atoms with Gasteiger partial charge in [-0.2, -0.15) is 0 Å². The first-order valence-corrected chi connectivity index (χ1v) is 6.61. The molecule has 0 saturated carbocycles. The average Bonchev–Trinajstić information content (AvgIpc) is 2.41. The quantitative estimate of drug-likeness (QED) is 0.909. The van der Waals surface area contributed by atoms with Crippen molar-refractivity contribution in [3.63, 3.8) is 0 Å². The predicted octanol–water partition coefficient (Wildman–Crippen LogP) is 4.04. The zero-order chi connectivity index (χ0) is 13.8. The predicted molar refractivity (Wildman–Crippen MR) is 80.9 cm³/mol. The normalized spacial score (nSPS) is 10.5. The Morgan fingerprint density at radius 2 is 1.89 bits per heavy atom. The van der Waals surface area contributed by atoms with Crippen molar-refractivity contribution in [2.45, 2.75) is 13.5 Å². The second kappa shape index (κ2) is 6.09. The van der Waals surface area contributed by atoms with Crippen LogP contribution in [0.15, 0.2) is 36.4 Å². The molecule has 100 valence electrons. The Labute approximate surface area is 119 Å². The van der Waals surface area contributed by atoms with Gasteiger partial charge in [0.15, 0.2) is 0 Å². The molecule has 2 nitrogen and oxygen atoms in total. The SMILES string of the molecule is CNCc1ccc(Cl)cc1-c1cc(C)ccc1OC. The molecule has 0 heterocycles. The van der Waals surface area contributed by atoms with Gasteiger partial charge in [-0.15, -0.1) is 0 Å². The summed E-state index contributed by atoms with van der Waals surface area (Å²) >= 11 is 6.14. The molecular formula is C16H18ClNO. The van der Waals surface area contributed by atoms with Crippen molar-refractivity contribution in [2.75, 3.05) is 14.2 Å². The van der Waals surface area contributed by atoms with Crippen molar-refractivity contribution in [1.82, 2.24) is 5.32 Å². The lowest BCUT2D eigenvalue weighted by molar-refractivity contribution is 0.416. The molecule has 2 aromatic rings. The molecule has 0 aliphatic carbocycles. The average molecular weight is 276 g/mol. The standard InChI is InChI=1S/C16H18ClNO/c1-11-4-7-16(19-3)15(8-11)14-9-13(17)6-5-12(14)10-18-2/h4-9,18H,10H2,1-3H3. The number of rotatable bonds is 4. The summed E-state index contributed by atoms with van der Waals surface area (Å²) in [5.41, 5.74) is 4.60. The highest BCUT2D eigenvalue weighted by atomic mass is 35.5. The van der Waals surface area contributed by atoms with E-state index < -0.39 is 0 Å². The summed E-state index contributed by atoms with van der Waals surface area (Å²) in [6, 6.07) is 12.1. The molecule has 1 N–H and O–H groups in total. The molecule has 2 aromatic carbocycles. The monoisotopic (exact) mass is 275 g/mol. The molecule has 0 fully saturated rings. The number of aryl methyl sites for hydroxylation is 1. The van der Waals surface area contributed by atoms with Crippen LogP contribution in [0.2, 0.25) is 5.02 Å². The number of halogens is 1. The Morgan fingerprint density at radius 3 is 2.58 bits per heavy atom. The van der Waals surface area contributed by atoms with Crippen LogP contribution in [-0.2, 0) is 6.54 Å². The van der Waals surface area contributed by atoms with E-state index in [4.69, 9.17) is 16.3 Å². The molecule has 0 saturated heterocycles. The van der Waals surface area contributed by atoms with E-state index >= 15 is 0 Å². The van der Waals surface area contributed by atoms with Gasteiger partial charge in [0.1, 0.15) is 5.75 Å². The summed E-state index contributed by atoms with van der Waals surface area (Å²) in [4.78, 5) is 0. The fourth-order valence-corrected chi connectivity index (χ4v) is 2.35. The van der Waals surface area contributed by atoms with Gasteiger partial charge < -0.3 is 10.1 Å². The summed E-state index contributed by atoms with van der Waals surface area (Å²) in [6.07, 6.45) is 0. The highest BCUT2D eigenvalue weighted by Gasteiger charge is 2.11. The van der Waals surface area contributed by atoms with Gasteiger partial charge in [-0.1, -0.05) is 29.3 Å². The van der Waals surface area contributed by atoms with Gasteiger partial charge in [-0.25, -0.2) is 0 Å². The summed E-state index contributed by atoms with van der Waals surface area (Å²) in [5.74, 6) is 0.866. The summed E-state index contributed by atoms with van der Waals surface area (Å²) in [6.45, 7) is 2.87. The van der Waals surface area contributed by atoms with E-state index in [-0.39, 0.29) is 0 Å². The Kier molecular flexibility index (Phi) is 4.46. The molecule has 0 aliphatic rings. The molecule has 0 bridgehead atoms. The van der Waals surface area contributed by atoms with Gasteiger partial charge in [-0.05, 0) is 49.4 Å². The number of hydrogen-bond donors (Lipinski definition) is 1. The van der Waals surface area contributed by atoms with E-state index in [1.807, 2.05) is 31.3 Å². The van der Waals surface area contributed by atoms with Gasteiger partial charge in [0.2, 0.25) is 0 Å². The van der Waals surface area contributed by atoms with Crippen molar-refractivity contribution < 1.29 is 4.74 Å². The number of benzene rings is 2.